The van der Waals surface area contributed by atoms with E-state index < -0.39 is 11.4 Å². The molecule has 0 spiro atoms. The van der Waals surface area contributed by atoms with Gasteiger partial charge in [-0.25, -0.2) is 4.79 Å². The summed E-state index contributed by atoms with van der Waals surface area (Å²) in [6.45, 7) is 8.42. The zero-order valence-corrected chi connectivity index (χ0v) is 16.4. The number of carbonyl (C=O) groups excluding carboxylic acids is 1. The van der Waals surface area contributed by atoms with Crippen molar-refractivity contribution in [2.75, 3.05) is 26.2 Å². The molecule has 2 fully saturated rings. The molecule has 0 aliphatic carbocycles. The van der Waals surface area contributed by atoms with Crippen molar-refractivity contribution in [3.05, 3.63) is 35.4 Å². The first kappa shape index (κ1) is 19.7. The molecule has 2 aliphatic heterocycles. The smallest absolute Gasteiger partial charge is 0.317 e. The number of benzene rings is 1. The van der Waals surface area contributed by atoms with Crippen LogP contribution in [-0.4, -0.2) is 53.1 Å². The number of carboxylic acids is 1. The van der Waals surface area contributed by atoms with E-state index in [0.717, 1.165) is 31.1 Å². The normalized spacial score (nSPS) is 24.1. The summed E-state index contributed by atoms with van der Waals surface area (Å²) in [5, 5.41) is 12.3. The van der Waals surface area contributed by atoms with E-state index in [9.17, 15) is 14.7 Å². The Morgan fingerprint density at radius 2 is 1.85 bits per heavy atom. The van der Waals surface area contributed by atoms with Crippen molar-refractivity contribution in [2.24, 2.45) is 11.3 Å². The molecule has 1 atom stereocenters. The number of amides is 2. The Hall–Kier alpha value is -2.08. The third-order valence-corrected chi connectivity index (χ3v) is 6.10. The Morgan fingerprint density at radius 1 is 1.19 bits per heavy atom. The number of piperidine rings is 1. The molecule has 2 heterocycles. The highest BCUT2D eigenvalue weighted by Crippen LogP contribution is 2.30. The van der Waals surface area contributed by atoms with Crippen LogP contribution in [0.3, 0.4) is 0 Å². The third kappa shape index (κ3) is 4.80. The van der Waals surface area contributed by atoms with Crippen LogP contribution in [0, 0.1) is 11.3 Å². The number of likely N-dealkylation sites (tertiary alicyclic amines) is 2. The summed E-state index contributed by atoms with van der Waals surface area (Å²) in [5.41, 5.74) is 1.55. The van der Waals surface area contributed by atoms with Crippen LogP contribution in [0.4, 0.5) is 4.79 Å². The first-order valence-electron chi connectivity index (χ1n) is 9.93. The lowest BCUT2D eigenvalue weighted by Gasteiger charge is -2.30. The average Bonchev–Trinajstić information content (AvgIpc) is 3.06. The summed E-state index contributed by atoms with van der Waals surface area (Å²) in [7, 11) is 0. The van der Waals surface area contributed by atoms with Gasteiger partial charge in [0, 0.05) is 26.2 Å². The molecule has 0 bridgehead atoms. The van der Waals surface area contributed by atoms with Crippen molar-refractivity contribution in [2.45, 2.75) is 46.2 Å². The van der Waals surface area contributed by atoms with Gasteiger partial charge in [-0.2, -0.15) is 0 Å². The van der Waals surface area contributed by atoms with Gasteiger partial charge < -0.3 is 15.3 Å². The van der Waals surface area contributed by atoms with E-state index in [1.54, 1.807) is 11.8 Å². The van der Waals surface area contributed by atoms with Crippen LogP contribution in [0.1, 0.15) is 44.2 Å². The molecule has 0 radical (unpaired) electrons. The fraction of sp³-hybridized carbons (Fsp3) is 0.619. The fourth-order valence-corrected chi connectivity index (χ4v) is 3.94. The molecule has 0 aromatic heterocycles. The van der Waals surface area contributed by atoms with E-state index in [-0.39, 0.29) is 12.6 Å². The van der Waals surface area contributed by atoms with Gasteiger partial charge >= 0.3 is 12.0 Å². The predicted octanol–water partition coefficient (Wildman–Crippen LogP) is 2.92. The minimum absolute atomic E-state index is 0.179. The molecule has 148 valence electrons. The first-order chi connectivity index (χ1) is 12.9. The second-order valence-corrected chi connectivity index (χ2v) is 8.42. The van der Waals surface area contributed by atoms with Crippen LogP contribution in [0.25, 0.3) is 0 Å². The minimum Gasteiger partial charge on any atom is -0.481 e. The van der Waals surface area contributed by atoms with E-state index >= 15 is 0 Å². The van der Waals surface area contributed by atoms with E-state index in [2.05, 4.69) is 29.3 Å². The van der Waals surface area contributed by atoms with Gasteiger partial charge in [-0.05, 0) is 56.3 Å². The molecule has 2 aliphatic rings. The van der Waals surface area contributed by atoms with Crippen molar-refractivity contribution in [3.63, 3.8) is 0 Å². The Bertz CT molecular complexity index is 685. The van der Waals surface area contributed by atoms with Crippen LogP contribution >= 0.6 is 0 Å². The molecule has 27 heavy (non-hydrogen) atoms. The van der Waals surface area contributed by atoms with E-state index in [1.165, 1.54) is 18.4 Å². The third-order valence-electron chi connectivity index (χ3n) is 6.10. The maximum Gasteiger partial charge on any atom is 0.317 e. The first-order valence-corrected chi connectivity index (χ1v) is 9.93. The van der Waals surface area contributed by atoms with Crippen molar-refractivity contribution in [1.82, 2.24) is 15.1 Å². The average molecular weight is 373 g/mol. The van der Waals surface area contributed by atoms with Gasteiger partial charge in [-0.15, -0.1) is 0 Å². The number of carbonyl (C=O) groups is 2. The van der Waals surface area contributed by atoms with Crippen LogP contribution in [-0.2, 0) is 17.9 Å². The van der Waals surface area contributed by atoms with Crippen molar-refractivity contribution < 1.29 is 14.7 Å². The maximum absolute atomic E-state index is 12.5. The Labute approximate surface area is 161 Å². The molecule has 2 saturated heterocycles. The van der Waals surface area contributed by atoms with Crippen molar-refractivity contribution in [3.8, 4) is 0 Å². The molecule has 3 rings (SSSR count). The van der Waals surface area contributed by atoms with Crippen molar-refractivity contribution >= 4 is 12.0 Å². The quantitative estimate of drug-likeness (QED) is 0.832. The van der Waals surface area contributed by atoms with Gasteiger partial charge in [0.2, 0.25) is 0 Å². The van der Waals surface area contributed by atoms with Gasteiger partial charge in [0.05, 0.1) is 5.41 Å². The predicted molar refractivity (Wildman–Crippen MR) is 104 cm³/mol. The molecule has 2 N–H and O–H groups in total. The zero-order chi connectivity index (χ0) is 19.4. The number of hydrogen-bond acceptors (Lipinski definition) is 3. The second kappa shape index (κ2) is 8.30. The number of carboxylic acid groups (broad SMARTS) is 1. The molecule has 6 nitrogen and oxygen atoms in total. The molecule has 1 unspecified atom stereocenters. The fourth-order valence-electron chi connectivity index (χ4n) is 3.94. The van der Waals surface area contributed by atoms with Gasteiger partial charge in [0.1, 0.15) is 0 Å². The van der Waals surface area contributed by atoms with Crippen LogP contribution in [0.2, 0.25) is 0 Å². The Balaban J connectivity index is 1.55. The number of urea groups is 1. The minimum atomic E-state index is -0.834. The van der Waals surface area contributed by atoms with Gasteiger partial charge in [-0.3, -0.25) is 9.69 Å². The SMILES string of the molecule is CC1CCN(Cc2ccccc2CNC(=O)N2CCC(C)(C(=O)O)C2)CC1. The molecule has 0 saturated carbocycles. The molecule has 2 amide bonds. The number of nitrogens with one attached hydrogen (secondary N) is 1. The largest absolute Gasteiger partial charge is 0.481 e. The summed E-state index contributed by atoms with van der Waals surface area (Å²) in [6, 6.07) is 8.07. The lowest BCUT2D eigenvalue weighted by molar-refractivity contribution is -0.147. The lowest BCUT2D eigenvalue weighted by Crippen LogP contribution is -2.40. The van der Waals surface area contributed by atoms with E-state index in [4.69, 9.17) is 0 Å². The highest BCUT2D eigenvalue weighted by atomic mass is 16.4. The van der Waals surface area contributed by atoms with Gasteiger partial charge in [0.25, 0.3) is 0 Å². The summed E-state index contributed by atoms with van der Waals surface area (Å²) in [4.78, 5) is 27.9. The molecule has 6 heteroatoms. The number of rotatable bonds is 5. The maximum atomic E-state index is 12.5. The summed E-state index contributed by atoms with van der Waals surface area (Å²) < 4.78 is 0. The number of nitrogens with zero attached hydrogens (tertiary/aromatic N) is 2. The lowest BCUT2D eigenvalue weighted by atomic mass is 9.90. The topological polar surface area (TPSA) is 72.9 Å². The second-order valence-electron chi connectivity index (χ2n) is 8.42. The van der Waals surface area contributed by atoms with E-state index in [1.807, 2.05) is 12.1 Å². The van der Waals surface area contributed by atoms with Crippen LogP contribution in [0.15, 0.2) is 24.3 Å². The van der Waals surface area contributed by atoms with Gasteiger partial charge in [0.15, 0.2) is 0 Å². The summed E-state index contributed by atoms with van der Waals surface area (Å²) in [6.07, 6.45) is 2.99. The summed E-state index contributed by atoms with van der Waals surface area (Å²) >= 11 is 0. The molecular weight excluding hydrogens is 342 g/mol. The number of aliphatic carboxylic acids is 1. The standard InChI is InChI=1S/C21H31N3O3/c1-16-7-10-23(11-8-16)14-18-6-4-3-5-17(18)13-22-20(27)24-12-9-21(2,15-24)19(25)26/h3-6,16H,7-15H2,1-2H3,(H,22,27)(H,25,26). The van der Waals surface area contributed by atoms with Crippen molar-refractivity contribution in [1.29, 1.82) is 0 Å². The Kier molecular flexibility index (Phi) is 6.05. The summed E-state index contributed by atoms with van der Waals surface area (Å²) in [5.74, 6) is -0.0215. The Morgan fingerprint density at radius 3 is 2.48 bits per heavy atom. The highest BCUT2D eigenvalue weighted by Gasteiger charge is 2.42. The van der Waals surface area contributed by atoms with Crippen LogP contribution in [0.5, 0.6) is 0 Å². The monoisotopic (exact) mass is 373 g/mol. The highest BCUT2D eigenvalue weighted by molar-refractivity contribution is 5.79. The van der Waals surface area contributed by atoms with E-state index in [0.29, 0.717) is 19.5 Å². The van der Waals surface area contributed by atoms with Gasteiger partial charge in [-0.1, -0.05) is 31.2 Å². The van der Waals surface area contributed by atoms with Crippen LogP contribution < -0.4 is 5.32 Å². The zero-order valence-electron chi connectivity index (χ0n) is 16.4. The molecule has 1 aromatic rings. The number of hydrogen-bond donors (Lipinski definition) is 2. The molecule has 1 aromatic carbocycles. The molecular formula is C21H31N3O3.